The fourth-order valence-electron chi connectivity index (χ4n) is 2.34. The number of benzene rings is 1. The van der Waals surface area contributed by atoms with Crippen LogP contribution in [0.5, 0.6) is 5.75 Å². The zero-order valence-corrected chi connectivity index (χ0v) is 10.9. The van der Waals surface area contributed by atoms with E-state index in [0.717, 1.165) is 6.42 Å². The Morgan fingerprint density at radius 3 is 2.50 bits per heavy atom. The molecule has 0 amide bonds. The van der Waals surface area contributed by atoms with Gasteiger partial charge < -0.3 is 4.74 Å². The third kappa shape index (κ3) is 1.76. The Labute approximate surface area is 106 Å². The van der Waals surface area contributed by atoms with E-state index in [1.165, 1.54) is 7.11 Å². The second-order valence-electron chi connectivity index (χ2n) is 4.39. The quantitative estimate of drug-likeness (QED) is 0.820. The van der Waals surface area contributed by atoms with E-state index in [9.17, 15) is 9.59 Å². The molecule has 18 heavy (non-hydrogen) atoms. The number of methoxy groups -OCH3 is 1. The van der Waals surface area contributed by atoms with Crippen LogP contribution in [0.25, 0.3) is 0 Å². The van der Waals surface area contributed by atoms with Crippen molar-refractivity contribution in [1.29, 1.82) is 0 Å². The van der Waals surface area contributed by atoms with Crippen LogP contribution < -0.4 is 4.74 Å². The van der Waals surface area contributed by atoms with E-state index in [2.05, 4.69) is 0 Å². The van der Waals surface area contributed by atoms with Crippen molar-refractivity contribution < 1.29 is 14.3 Å². The van der Waals surface area contributed by atoms with Gasteiger partial charge in [0.1, 0.15) is 5.75 Å². The van der Waals surface area contributed by atoms with Gasteiger partial charge in [0.15, 0.2) is 11.6 Å². The summed E-state index contributed by atoms with van der Waals surface area (Å²) in [4.78, 5) is 24.7. The highest BCUT2D eigenvalue weighted by atomic mass is 16.5. The molecule has 0 aliphatic heterocycles. The first-order valence-electron chi connectivity index (χ1n) is 6.08. The maximum atomic E-state index is 12.5. The summed E-state index contributed by atoms with van der Waals surface area (Å²) in [5.41, 5.74) is 2.07. The number of allylic oxidation sites excluding steroid dienone is 2. The van der Waals surface area contributed by atoms with Gasteiger partial charge in [-0.2, -0.15) is 0 Å². The van der Waals surface area contributed by atoms with E-state index in [0.29, 0.717) is 34.4 Å². The smallest absolute Gasteiger partial charge is 0.193 e. The van der Waals surface area contributed by atoms with Gasteiger partial charge in [0.25, 0.3) is 0 Å². The first-order valence-corrected chi connectivity index (χ1v) is 6.08. The molecule has 0 fully saturated rings. The van der Waals surface area contributed by atoms with E-state index in [1.807, 2.05) is 6.92 Å². The van der Waals surface area contributed by atoms with Gasteiger partial charge in [-0.3, -0.25) is 9.59 Å². The summed E-state index contributed by atoms with van der Waals surface area (Å²) in [6.45, 7) is 3.73. The van der Waals surface area contributed by atoms with E-state index in [-0.39, 0.29) is 11.6 Å². The first kappa shape index (κ1) is 12.6. The minimum atomic E-state index is -0.0681. The molecule has 3 nitrogen and oxygen atoms in total. The fourth-order valence-corrected chi connectivity index (χ4v) is 2.34. The first-order chi connectivity index (χ1) is 8.61. The lowest BCUT2D eigenvalue weighted by molar-refractivity contribution is 0.0969. The lowest BCUT2D eigenvalue weighted by Crippen LogP contribution is -2.21. The minimum Gasteiger partial charge on any atom is -0.496 e. The van der Waals surface area contributed by atoms with Crippen molar-refractivity contribution in [2.75, 3.05) is 7.11 Å². The van der Waals surface area contributed by atoms with Gasteiger partial charge in [0.2, 0.25) is 0 Å². The normalized spacial score (nSPS) is 14.8. The van der Waals surface area contributed by atoms with Crippen LogP contribution in [0.15, 0.2) is 29.3 Å². The Morgan fingerprint density at radius 1 is 1.17 bits per heavy atom. The molecule has 0 aromatic heterocycles. The molecule has 0 spiro atoms. The highest BCUT2D eigenvalue weighted by Gasteiger charge is 2.31. The van der Waals surface area contributed by atoms with Gasteiger partial charge in [-0.25, -0.2) is 0 Å². The van der Waals surface area contributed by atoms with Crippen molar-refractivity contribution in [3.63, 3.8) is 0 Å². The summed E-state index contributed by atoms with van der Waals surface area (Å²) < 4.78 is 5.20. The number of carbonyl (C=O) groups excluding carboxylic acids is 2. The van der Waals surface area contributed by atoms with Gasteiger partial charge in [-0.15, -0.1) is 0 Å². The molecule has 0 unspecified atom stereocenters. The molecule has 0 atom stereocenters. The predicted octanol–water partition coefficient (Wildman–Crippen LogP) is 3.19. The molecule has 0 bridgehead atoms. The van der Waals surface area contributed by atoms with Crippen LogP contribution in [0.4, 0.5) is 0 Å². The minimum absolute atomic E-state index is 0.0630. The van der Waals surface area contributed by atoms with E-state index in [4.69, 9.17) is 4.74 Å². The lowest BCUT2D eigenvalue weighted by atomic mass is 9.82. The number of Topliss-reactive ketones (excluding diaryl/α,β-unsaturated/α-hetero) is 2. The Bertz CT molecular complexity index is 553. The Balaban J connectivity index is 2.65. The van der Waals surface area contributed by atoms with Crippen LogP contribution in [-0.4, -0.2) is 18.7 Å². The summed E-state index contributed by atoms with van der Waals surface area (Å²) >= 11 is 0. The van der Waals surface area contributed by atoms with Crippen molar-refractivity contribution >= 4 is 11.6 Å². The molecule has 1 aliphatic carbocycles. The summed E-state index contributed by atoms with van der Waals surface area (Å²) in [5.74, 6) is 0.348. The molecule has 0 radical (unpaired) electrons. The molecule has 0 heterocycles. The van der Waals surface area contributed by atoms with Crippen LogP contribution in [0, 0.1) is 0 Å². The molecular weight excluding hydrogens is 228 g/mol. The zero-order chi connectivity index (χ0) is 13.3. The topological polar surface area (TPSA) is 43.4 Å². The second-order valence-corrected chi connectivity index (χ2v) is 4.39. The Morgan fingerprint density at radius 2 is 1.89 bits per heavy atom. The average Bonchev–Trinajstić information content (AvgIpc) is 2.40. The zero-order valence-electron chi connectivity index (χ0n) is 10.9. The largest absolute Gasteiger partial charge is 0.496 e. The molecule has 1 aromatic rings. The number of rotatable bonds is 3. The maximum absolute atomic E-state index is 12.5. The standard InChI is InChI=1S/C15H16O3/c1-4-6-10-9(2)14(16)11-7-5-8-12(18-3)13(11)15(10)17/h5,7-8H,4,6H2,1-3H3. The highest BCUT2D eigenvalue weighted by Crippen LogP contribution is 2.33. The molecule has 94 valence electrons. The van der Waals surface area contributed by atoms with Crippen LogP contribution in [0.2, 0.25) is 0 Å². The van der Waals surface area contributed by atoms with Crippen LogP contribution in [0.3, 0.4) is 0 Å². The number of ketones is 2. The van der Waals surface area contributed by atoms with Crippen molar-refractivity contribution in [3.05, 3.63) is 40.5 Å². The number of hydrogen-bond acceptors (Lipinski definition) is 3. The molecule has 1 aromatic carbocycles. The number of hydrogen-bond donors (Lipinski definition) is 0. The summed E-state index contributed by atoms with van der Waals surface area (Å²) in [5, 5.41) is 0. The van der Waals surface area contributed by atoms with Gasteiger partial charge in [0, 0.05) is 16.7 Å². The van der Waals surface area contributed by atoms with Crippen molar-refractivity contribution in [2.45, 2.75) is 26.7 Å². The van der Waals surface area contributed by atoms with Crippen molar-refractivity contribution in [3.8, 4) is 5.75 Å². The second kappa shape index (κ2) is 4.77. The van der Waals surface area contributed by atoms with Crippen LogP contribution in [-0.2, 0) is 0 Å². The van der Waals surface area contributed by atoms with Crippen molar-refractivity contribution in [1.82, 2.24) is 0 Å². The van der Waals surface area contributed by atoms with E-state index >= 15 is 0 Å². The third-order valence-corrected chi connectivity index (χ3v) is 3.29. The maximum Gasteiger partial charge on any atom is 0.193 e. The Hall–Kier alpha value is -1.90. The molecule has 1 aliphatic rings. The number of ether oxygens (including phenoxy) is 1. The predicted molar refractivity (Wildman–Crippen MR) is 69.3 cm³/mol. The van der Waals surface area contributed by atoms with Gasteiger partial charge in [-0.05, 0) is 19.4 Å². The average molecular weight is 244 g/mol. The Kier molecular flexibility index (Phi) is 3.32. The molecule has 0 saturated heterocycles. The monoisotopic (exact) mass is 244 g/mol. The van der Waals surface area contributed by atoms with E-state index < -0.39 is 0 Å². The number of carbonyl (C=O) groups is 2. The molecule has 3 heteroatoms. The van der Waals surface area contributed by atoms with E-state index in [1.54, 1.807) is 25.1 Å². The molecule has 0 N–H and O–H groups in total. The summed E-state index contributed by atoms with van der Waals surface area (Å²) in [6, 6.07) is 5.14. The van der Waals surface area contributed by atoms with Crippen LogP contribution >= 0.6 is 0 Å². The summed E-state index contributed by atoms with van der Waals surface area (Å²) in [7, 11) is 1.51. The van der Waals surface area contributed by atoms with Crippen LogP contribution in [0.1, 0.15) is 47.4 Å². The summed E-state index contributed by atoms with van der Waals surface area (Å²) in [6.07, 6.45) is 1.48. The lowest BCUT2D eigenvalue weighted by Gasteiger charge is -2.20. The molecule has 2 rings (SSSR count). The molecular formula is C15H16O3. The highest BCUT2D eigenvalue weighted by molar-refractivity contribution is 6.27. The number of fused-ring (bicyclic) bond motifs is 1. The third-order valence-electron chi connectivity index (χ3n) is 3.29. The van der Waals surface area contributed by atoms with Gasteiger partial charge >= 0.3 is 0 Å². The van der Waals surface area contributed by atoms with Gasteiger partial charge in [0.05, 0.1) is 12.7 Å². The fraction of sp³-hybridized carbons (Fsp3) is 0.333. The molecule has 0 saturated carbocycles. The van der Waals surface area contributed by atoms with Crippen molar-refractivity contribution in [2.24, 2.45) is 0 Å². The SMILES string of the molecule is CCCC1=C(C)C(=O)c2cccc(OC)c2C1=O. The van der Waals surface area contributed by atoms with Gasteiger partial charge in [-0.1, -0.05) is 25.5 Å².